The van der Waals surface area contributed by atoms with Gasteiger partial charge in [0.25, 0.3) is 0 Å². The number of rotatable bonds is 5. The van der Waals surface area contributed by atoms with Crippen molar-refractivity contribution in [2.45, 2.75) is 57.8 Å². The van der Waals surface area contributed by atoms with Crippen molar-refractivity contribution in [3.8, 4) is 11.5 Å². The van der Waals surface area contributed by atoms with Crippen molar-refractivity contribution in [2.75, 3.05) is 17.3 Å². The quantitative estimate of drug-likeness (QED) is 0.344. The summed E-state index contributed by atoms with van der Waals surface area (Å²) in [5.74, 6) is 0.511. The second-order valence-corrected chi connectivity index (χ2v) is 12.0. The van der Waals surface area contributed by atoms with E-state index in [-0.39, 0.29) is 22.5 Å². The van der Waals surface area contributed by atoms with E-state index in [9.17, 15) is 9.90 Å². The van der Waals surface area contributed by atoms with Gasteiger partial charge in [0.15, 0.2) is 0 Å². The molecule has 0 bridgehead atoms. The molecule has 0 saturated carbocycles. The summed E-state index contributed by atoms with van der Waals surface area (Å²) in [5.41, 5.74) is 3.38. The lowest BCUT2D eigenvalue weighted by Gasteiger charge is -2.34. The molecule has 4 rings (SSSR count). The van der Waals surface area contributed by atoms with Gasteiger partial charge in [-0.2, -0.15) is 0 Å². The van der Waals surface area contributed by atoms with Gasteiger partial charge in [0.05, 0.1) is 6.61 Å². The molecule has 1 atom stereocenters. The summed E-state index contributed by atoms with van der Waals surface area (Å²) in [4.78, 5) is 14.2. The molecular formula is C30H34BrNO3. The number of ether oxygens (including phenoxy) is 1. The van der Waals surface area contributed by atoms with Crippen molar-refractivity contribution in [1.29, 1.82) is 0 Å². The predicted octanol–water partition coefficient (Wildman–Crippen LogP) is 7.05. The number of amides is 1. The number of anilines is 1. The Balaban J connectivity index is 2.15. The highest BCUT2D eigenvalue weighted by Gasteiger charge is 2.53. The number of nitrogens with one attached hydrogen (secondary N) is 1. The van der Waals surface area contributed by atoms with Crippen molar-refractivity contribution in [3.63, 3.8) is 0 Å². The molecule has 1 aliphatic heterocycles. The number of carbonyl (C=O) groups excluding carboxylic acids is 1. The fourth-order valence-electron chi connectivity index (χ4n) is 4.80. The normalized spacial score (nSPS) is 17.7. The largest absolute Gasteiger partial charge is 0.508 e. The van der Waals surface area contributed by atoms with Gasteiger partial charge in [0.2, 0.25) is 5.91 Å². The van der Waals surface area contributed by atoms with E-state index in [1.807, 2.05) is 42.5 Å². The second-order valence-electron chi connectivity index (χ2n) is 11.2. The van der Waals surface area contributed by atoms with E-state index in [4.69, 9.17) is 4.74 Å². The average Bonchev–Trinajstić information content (AvgIpc) is 3.08. The van der Waals surface area contributed by atoms with Crippen LogP contribution in [0.5, 0.6) is 11.5 Å². The molecule has 0 fully saturated rings. The molecule has 0 spiro atoms. The highest BCUT2D eigenvalue weighted by atomic mass is 79.9. The molecule has 1 amide bonds. The Morgan fingerprint density at radius 3 is 2.09 bits per heavy atom. The summed E-state index contributed by atoms with van der Waals surface area (Å²) < 4.78 is 6.21. The van der Waals surface area contributed by atoms with E-state index >= 15 is 0 Å². The first-order valence-electron chi connectivity index (χ1n) is 12.0. The zero-order chi connectivity index (χ0) is 25.6. The van der Waals surface area contributed by atoms with E-state index < -0.39 is 5.41 Å². The summed E-state index contributed by atoms with van der Waals surface area (Å²) in [6.07, 6.45) is 0. The number of halogens is 1. The second kappa shape index (κ2) is 9.02. The van der Waals surface area contributed by atoms with Crippen LogP contribution in [0.4, 0.5) is 5.69 Å². The van der Waals surface area contributed by atoms with Crippen LogP contribution in [0, 0.1) is 0 Å². The molecule has 5 heteroatoms. The van der Waals surface area contributed by atoms with E-state index in [0.29, 0.717) is 23.2 Å². The smallest absolute Gasteiger partial charge is 0.244 e. The number of hydrogen-bond donors (Lipinski definition) is 2. The minimum atomic E-state index is -1.27. The van der Waals surface area contributed by atoms with Gasteiger partial charge in [0.1, 0.15) is 16.9 Å². The van der Waals surface area contributed by atoms with Crippen LogP contribution in [0.25, 0.3) is 0 Å². The van der Waals surface area contributed by atoms with E-state index in [0.717, 1.165) is 27.9 Å². The van der Waals surface area contributed by atoms with Gasteiger partial charge >= 0.3 is 0 Å². The summed E-state index contributed by atoms with van der Waals surface area (Å²) in [6.45, 7) is 13.3. The predicted molar refractivity (Wildman–Crippen MR) is 146 cm³/mol. The van der Waals surface area contributed by atoms with Crippen LogP contribution >= 0.6 is 15.9 Å². The fourth-order valence-corrected chi connectivity index (χ4v) is 4.97. The molecule has 3 aromatic carbocycles. The van der Waals surface area contributed by atoms with Crippen LogP contribution in [-0.2, 0) is 21.0 Å². The minimum Gasteiger partial charge on any atom is -0.508 e. The third kappa shape index (κ3) is 4.35. The summed E-state index contributed by atoms with van der Waals surface area (Å²) in [7, 11) is 0. The van der Waals surface area contributed by atoms with Crippen LogP contribution in [-0.4, -0.2) is 23.0 Å². The highest BCUT2D eigenvalue weighted by molar-refractivity contribution is 9.09. The first-order chi connectivity index (χ1) is 16.4. The van der Waals surface area contributed by atoms with Crippen LogP contribution in [0.1, 0.15) is 69.4 Å². The van der Waals surface area contributed by atoms with E-state index in [2.05, 4.69) is 74.9 Å². The van der Waals surface area contributed by atoms with Gasteiger partial charge in [-0.1, -0.05) is 87.8 Å². The zero-order valence-electron chi connectivity index (χ0n) is 21.3. The third-order valence-electron chi connectivity index (χ3n) is 6.77. The van der Waals surface area contributed by atoms with Crippen LogP contribution in [0.15, 0.2) is 60.7 Å². The summed E-state index contributed by atoms with van der Waals surface area (Å²) in [6, 6.07) is 19.4. The lowest BCUT2D eigenvalue weighted by Crippen LogP contribution is -2.38. The summed E-state index contributed by atoms with van der Waals surface area (Å²) in [5, 5.41) is 15.1. The topological polar surface area (TPSA) is 58.6 Å². The number of carbonyl (C=O) groups is 1. The summed E-state index contributed by atoms with van der Waals surface area (Å²) >= 11 is 3.46. The molecule has 184 valence electrons. The number of fused-ring (bicyclic) bond motifs is 1. The van der Waals surface area contributed by atoms with Crippen molar-refractivity contribution in [1.82, 2.24) is 0 Å². The van der Waals surface area contributed by atoms with Crippen LogP contribution < -0.4 is 10.1 Å². The SMILES string of the molecule is CC(C)(C)c1ccc(O)c(C2(c3cc(C(C)(C)C)ccc3OCCBr)C(=O)Nc3ccccc32)c1. The molecule has 1 heterocycles. The number of para-hydroxylation sites is 1. The van der Waals surface area contributed by atoms with Crippen molar-refractivity contribution < 1.29 is 14.6 Å². The molecule has 35 heavy (non-hydrogen) atoms. The van der Waals surface area contributed by atoms with Crippen molar-refractivity contribution in [2.24, 2.45) is 0 Å². The molecular weight excluding hydrogens is 502 g/mol. The van der Waals surface area contributed by atoms with E-state index in [1.165, 1.54) is 0 Å². The van der Waals surface area contributed by atoms with Crippen LogP contribution in [0.3, 0.4) is 0 Å². The van der Waals surface area contributed by atoms with Gasteiger partial charge < -0.3 is 15.2 Å². The Morgan fingerprint density at radius 2 is 1.46 bits per heavy atom. The Bertz CT molecular complexity index is 1270. The van der Waals surface area contributed by atoms with Gasteiger partial charge in [-0.3, -0.25) is 4.79 Å². The Morgan fingerprint density at radius 1 is 0.857 bits per heavy atom. The Kier molecular flexibility index (Phi) is 6.52. The van der Waals surface area contributed by atoms with Gasteiger partial charge in [-0.05, 0) is 52.3 Å². The molecule has 0 radical (unpaired) electrons. The highest BCUT2D eigenvalue weighted by Crippen LogP contribution is 2.53. The lowest BCUT2D eigenvalue weighted by molar-refractivity contribution is -0.118. The number of aromatic hydroxyl groups is 1. The molecule has 0 aliphatic carbocycles. The average molecular weight is 537 g/mol. The molecule has 0 saturated heterocycles. The maximum Gasteiger partial charge on any atom is 0.244 e. The molecule has 0 aromatic heterocycles. The van der Waals surface area contributed by atoms with E-state index in [1.54, 1.807) is 6.07 Å². The number of phenolic OH excluding ortho intramolecular Hbond substituents is 1. The van der Waals surface area contributed by atoms with Crippen molar-refractivity contribution in [3.05, 3.63) is 88.5 Å². The molecule has 4 nitrogen and oxygen atoms in total. The minimum absolute atomic E-state index is 0.0810. The standard InChI is InChI=1S/C30H34BrNO3/c1-28(2,3)19-11-13-25(33)22(17-19)30(21-9-7-8-10-24(21)32-27(30)34)23-18-20(29(4,5)6)12-14-26(23)35-16-15-31/h7-14,17-18,33H,15-16H2,1-6H3,(H,32,34). The molecule has 2 N–H and O–H groups in total. The maximum atomic E-state index is 14.2. The van der Waals surface area contributed by atoms with Crippen molar-refractivity contribution >= 4 is 27.5 Å². The molecule has 1 unspecified atom stereocenters. The maximum absolute atomic E-state index is 14.2. The number of hydrogen-bond acceptors (Lipinski definition) is 3. The Labute approximate surface area is 216 Å². The van der Waals surface area contributed by atoms with Gasteiger partial charge in [0, 0.05) is 27.7 Å². The monoisotopic (exact) mass is 535 g/mol. The lowest BCUT2D eigenvalue weighted by atomic mass is 9.67. The van der Waals surface area contributed by atoms with Gasteiger partial charge in [-0.15, -0.1) is 0 Å². The first-order valence-corrected chi connectivity index (χ1v) is 13.1. The third-order valence-corrected chi connectivity index (χ3v) is 7.09. The van der Waals surface area contributed by atoms with Crippen LogP contribution in [0.2, 0.25) is 0 Å². The number of alkyl halides is 1. The number of phenols is 1. The zero-order valence-corrected chi connectivity index (χ0v) is 22.9. The molecule has 1 aliphatic rings. The fraction of sp³-hybridized carbons (Fsp3) is 0.367. The first kappa shape index (κ1) is 25.3. The molecule has 3 aromatic rings. The van der Waals surface area contributed by atoms with Gasteiger partial charge in [-0.25, -0.2) is 0 Å². The Hall–Kier alpha value is -2.79. The number of benzene rings is 3.